The molecule has 0 fully saturated rings. The van der Waals surface area contributed by atoms with Crippen molar-refractivity contribution in [2.24, 2.45) is 0 Å². The molecule has 5 nitrogen and oxygen atoms in total. The summed E-state index contributed by atoms with van der Waals surface area (Å²) in [6, 6.07) is 16.7. The van der Waals surface area contributed by atoms with Crippen molar-refractivity contribution in [2.75, 3.05) is 20.7 Å². The standard InChI is InChI=1S/C18H19NO4/c1-19(12-17(20)22-2)18(21)15-8-10-16(11-9-15)23-13-14-6-4-3-5-7-14/h3-11H,12-13H2,1-2H3. The van der Waals surface area contributed by atoms with Crippen LogP contribution < -0.4 is 4.74 Å². The molecule has 0 radical (unpaired) electrons. The fraction of sp³-hybridized carbons (Fsp3) is 0.222. The van der Waals surface area contributed by atoms with E-state index in [0.717, 1.165) is 5.56 Å². The van der Waals surface area contributed by atoms with Crippen LogP contribution in [0.4, 0.5) is 0 Å². The molecule has 0 N–H and O–H groups in total. The topological polar surface area (TPSA) is 55.8 Å². The molecule has 0 unspecified atom stereocenters. The maximum absolute atomic E-state index is 12.2. The average molecular weight is 313 g/mol. The van der Waals surface area contributed by atoms with Gasteiger partial charge in [0.1, 0.15) is 18.9 Å². The van der Waals surface area contributed by atoms with E-state index in [2.05, 4.69) is 4.74 Å². The number of carbonyl (C=O) groups is 2. The van der Waals surface area contributed by atoms with E-state index >= 15 is 0 Å². The fourth-order valence-corrected chi connectivity index (χ4v) is 1.99. The number of hydrogen-bond acceptors (Lipinski definition) is 4. The molecule has 0 spiro atoms. The van der Waals surface area contributed by atoms with Gasteiger partial charge in [0, 0.05) is 12.6 Å². The Morgan fingerprint density at radius 3 is 2.26 bits per heavy atom. The van der Waals surface area contributed by atoms with Crippen LogP contribution in [0.1, 0.15) is 15.9 Å². The van der Waals surface area contributed by atoms with E-state index in [1.54, 1.807) is 31.3 Å². The summed E-state index contributed by atoms with van der Waals surface area (Å²) in [5, 5.41) is 0. The number of carbonyl (C=O) groups excluding carboxylic acids is 2. The predicted octanol–water partition coefficient (Wildman–Crippen LogP) is 2.51. The lowest BCUT2D eigenvalue weighted by molar-refractivity contribution is -0.141. The first-order chi connectivity index (χ1) is 11.1. The summed E-state index contributed by atoms with van der Waals surface area (Å²) >= 11 is 0. The summed E-state index contributed by atoms with van der Waals surface area (Å²) in [4.78, 5) is 24.7. The Labute approximate surface area is 135 Å². The van der Waals surface area contributed by atoms with Gasteiger partial charge in [0.15, 0.2) is 0 Å². The number of amides is 1. The molecule has 0 saturated heterocycles. The minimum atomic E-state index is -0.455. The van der Waals surface area contributed by atoms with E-state index < -0.39 is 5.97 Å². The number of ether oxygens (including phenoxy) is 2. The number of nitrogens with zero attached hydrogens (tertiary/aromatic N) is 1. The van der Waals surface area contributed by atoms with Gasteiger partial charge in [-0.1, -0.05) is 30.3 Å². The van der Waals surface area contributed by atoms with Gasteiger partial charge in [-0.15, -0.1) is 0 Å². The molecule has 0 aliphatic heterocycles. The second-order valence-corrected chi connectivity index (χ2v) is 5.04. The number of benzene rings is 2. The van der Waals surface area contributed by atoms with Crippen LogP contribution in [0, 0.1) is 0 Å². The van der Waals surface area contributed by atoms with E-state index in [-0.39, 0.29) is 12.5 Å². The number of methoxy groups -OCH3 is 1. The normalized spacial score (nSPS) is 10.0. The van der Waals surface area contributed by atoms with Crippen molar-refractivity contribution in [2.45, 2.75) is 6.61 Å². The van der Waals surface area contributed by atoms with E-state index in [4.69, 9.17) is 4.74 Å². The van der Waals surface area contributed by atoms with Crippen LogP contribution in [-0.4, -0.2) is 37.5 Å². The zero-order valence-corrected chi connectivity index (χ0v) is 13.2. The maximum Gasteiger partial charge on any atom is 0.325 e. The second-order valence-electron chi connectivity index (χ2n) is 5.04. The van der Waals surface area contributed by atoms with Crippen LogP contribution >= 0.6 is 0 Å². The molecule has 5 heteroatoms. The molecule has 0 aliphatic carbocycles. The highest BCUT2D eigenvalue weighted by molar-refractivity contribution is 5.95. The Hall–Kier alpha value is -2.82. The molecule has 0 bridgehead atoms. The summed E-state index contributed by atoms with van der Waals surface area (Å²) in [5.74, 6) is -0.0188. The third-order valence-electron chi connectivity index (χ3n) is 3.29. The van der Waals surface area contributed by atoms with Gasteiger partial charge in [0.25, 0.3) is 5.91 Å². The van der Waals surface area contributed by atoms with Gasteiger partial charge in [-0.3, -0.25) is 9.59 Å². The van der Waals surface area contributed by atoms with Crippen molar-refractivity contribution in [3.05, 3.63) is 65.7 Å². The SMILES string of the molecule is COC(=O)CN(C)C(=O)c1ccc(OCc2ccccc2)cc1. The van der Waals surface area contributed by atoms with Crippen LogP contribution in [0.3, 0.4) is 0 Å². The van der Waals surface area contributed by atoms with Gasteiger partial charge >= 0.3 is 5.97 Å². The molecule has 2 aromatic rings. The van der Waals surface area contributed by atoms with Crippen LogP contribution in [0.25, 0.3) is 0 Å². The fourth-order valence-electron chi connectivity index (χ4n) is 1.99. The number of esters is 1. The molecular weight excluding hydrogens is 294 g/mol. The molecule has 0 aromatic heterocycles. The Bertz CT molecular complexity index is 652. The predicted molar refractivity (Wildman–Crippen MR) is 86.2 cm³/mol. The maximum atomic E-state index is 12.2. The second kappa shape index (κ2) is 7.98. The van der Waals surface area contributed by atoms with Crippen LogP contribution in [-0.2, 0) is 16.1 Å². The summed E-state index contributed by atoms with van der Waals surface area (Å²) in [6.07, 6.45) is 0. The van der Waals surface area contributed by atoms with Crippen molar-refractivity contribution in [3.63, 3.8) is 0 Å². The lowest BCUT2D eigenvalue weighted by Crippen LogP contribution is -2.32. The summed E-state index contributed by atoms with van der Waals surface area (Å²) in [6.45, 7) is 0.387. The molecule has 0 aliphatic rings. The smallest absolute Gasteiger partial charge is 0.325 e. The first-order valence-corrected chi connectivity index (χ1v) is 7.19. The molecule has 0 heterocycles. The molecule has 2 aromatic carbocycles. The largest absolute Gasteiger partial charge is 0.489 e. The monoisotopic (exact) mass is 313 g/mol. The summed E-state index contributed by atoms with van der Waals surface area (Å²) < 4.78 is 10.2. The Morgan fingerprint density at radius 1 is 1.00 bits per heavy atom. The van der Waals surface area contributed by atoms with Gasteiger partial charge in [-0.05, 0) is 29.8 Å². The molecular formula is C18H19NO4. The minimum absolute atomic E-state index is 0.0818. The Kier molecular flexibility index (Phi) is 5.74. The van der Waals surface area contributed by atoms with Crippen molar-refractivity contribution in [1.82, 2.24) is 4.90 Å². The third-order valence-corrected chi connectivity index (χ3v) is 3.29. The lowest BCUT2D eigenvalue weighted by atomic mass is 10.2. The highest BCUT2D eigenvalue weighted by atomic mass is 16.5. The Morgan fingerprint density at radius 2 is 1.65 bits per heavy atom. The molecule has 1 amide bonds. The zero-order valence-electron chi connectivity index (χ0n) is 13.2. The van der Waals surface area contributed by atoms with Gasteiger partial charge < -0.3 is 14.4 Å². The number of rotatable bonds is 6. The van der Waals surface area contributed by atoms with Crippen molar-refractivity contribution in [1.29, 1.82) is 0 Å². The van der Waals surface area contributed by atoms with E-state index in [9.17, 15) is 9.59 Å². The summed E-state index contributed by atoms with van der Waals surface area (Å²) in [7, 11) is 2.85. The van der Waals surface area contributed by atoms with E-state index in [1.807, 2.05) is 30.3 Å². The van der Waals surface area contributed by atoms with E-state index in [0.29, 0.717) is 17.9 Å². The molecule has 0 atom stereocenters. The quantitative estimate of drug-likeness (QED) is 0.769. The first kappa shape index (κ1) is 16.5. The average Bonchev–Trinajstić information content (AvgIpc) is 2.60. The Balaban J connectivity index is 1.93. The van der Waals surface area contributed by atoms with Crippen LogP contribution in [0.2, 0.25) is 0 Å². The van der Waals surface area contributed by atoms with Gasteiger partial charge in [0.05, 0.1) is 7.11 Å². The molecule has 0 saturated carbocycles. The number of hydrogen-bond donors (Lipinski definition) is 0. The minimum Gasteiger partial charge on any atom is -0.489 e. The molecule has 120 valence electrons. The van der Waals surface area contributed by atoms with E-state index in [1.165, 1.54) is 12.0 Å². The summed E-state index contributed by atoms with van der Waals surface area (Å²) in [5.41, 5.74) is 1.56. The van der Waals surface area contributed by atoms with Crippen LogP contribution in [0.15, 0.2) is 54.6 Å². The van der Waals surface area contributed by atoms with Crippen molar-refractivity contribution < 1.29 is 19.1 Å². The van der Waals surface area contributed by atoms with Gasteiger partial charge in [-0.25, -0.2) is 0 Å². The van der Waals surface area contributed by atoms with Gasteiger partial charge in [-0.2, -0.15) is 0 Å². The third kappa shape index (κ3) is 4.85. The molecule has 2 rings (SSSR count). The van der Waals surface area contributed by atoms with Crippen LogP contribution in [0.5, 0.6) is 5.75 Å². The van der Waals surface area contributed by atoms with Crippen molar-refractivity contribution in [3.8, 4) is 5.75 Å². The molecule has 23 heavy (non-hydrogen) atoms. The highest BCUT2D eigenvalue weighted by Gasteiger charge is 2.15. The highest BCUT2D eigenvalue weighted by Crippen LogP contribution is 2.15. The first-order valence-electron chi connectivity index (χ1n) is 7.19. The zero-order chi connectivity index (χ0) is 16.7. The number of likely N-dealkylation sites (N-methyl/N-ethyl adjacent to an activating group) is 1. The van der Waals surface area contributed by atoms with Crippen molar-refractivity contribution >= 4 is 11.9 Å². The lowest BCUT2D eigenvalue weighted by Gasteiger charge is -2.15. The van der Waals surface area contributed by atoms with Gasteiger partial charge in [0.2, 0.25) is 0 Å².